The summed E-state index contributed by atoms with van der Waals surface area (Å²) in [6, 6.07) is 8.28. The van der Waals surface area contributed by atoms with Crippen LogP contribution in [0, 0.1) is 12.8 Å². The van der Waals surface area contributed by atoms with Crippen LogP contribution in [0.5, 0.6) is 0 Å². The molecule has 0 saturated heterocycles. The van der Waals surface area contributed by atoms with Crippen molar-refractivity contribution < 1.29 is 0 Å². The lowest BCUT2D eigenvalue weighted by Crippen LogP contribution is -2.25. The maximum Gasteiger partial charge on any atom is 0.279 e. The second-order valence-electron chi connectivity index (χ2n) is 8.64. The van der Waals surface area contributed by atoms with E-state index in [0.29, 0.717) is 11.6 Å². The zero-order valence-electron chi connectivity index (χ0n) is 19.1. The summed E-state index contributed by atoms with van der Waals surface area (Å²) in [5.41, 5.74) is 4.42. The molecule has 3 aromatic rings. The standard InChI is InChI=1S/C25H30BrN5O/c1-5-8-16(2)28-23-17(3)21(26)14-31(25(23)32)20-12-7-11-19(13-20)22(18-9-6-10-18)24-29-27-15-30(24)4/h7-8,11-15,18,22,28H,5-6,9-10H2,1-4H3/b16-8+. The molecule has 4 rings (SSSR count). The van der Waals surface area contributed by atoms with Crippen LogP contribution in [0.25, 0.3) is 5.69 Å². The molecular weight excluding hydrogens is 466 g/mol. The van der Waals surface area contributed by atoms with Crippen molar-refractivity contribution in [1.29, 1.82) is 0 Å². The summed E-state index contributed by atoms with van der Waals surface area (Å²) >= 11 is 3.65. The predicted molar refractivity (Wildman–Crippen MR) is 132 cm³/mol. The number of nitrogens with one attached hydrogen (secondary N) is 1. The lowest BCUT2D eigenvalue weighted by atomic mass is 9.72. The average molecular weight is 496 g/mol. The fourth-order valence-corrected chi connectivity index (χ4v) is 4.81. The molecule has 0 spiro atoms. The molecule has 1 unspecified atom stereocenters. The molecule has 1 atom stereocenters. The monoisotopic (exact) mass is 495 g/mol. The Labute approximate surface area is 197 Å². The predicted octanol–water partition coefficient (Wildman–Crippen LogP) is 5.69. The number of nitrogens with zero attached hydrogens (tertiary/aromatic N) is 4. The lowest BCUT2D eigenvalue weighted by molar-refractivity contribution is 0.274. The van der Waals surface area contributed by atoms with E-state index in [2.05, 4.69) is 56.6 Å². The first kappa shape index (κ1) is 22.5. The SMILES string of the molecule is CC/C=C(\C)Nc1c(C)c(Br)cn(-c2cccc(C(c3nncn3C)C3CCC3)c2)c1=O. The number of rotatable bonds is 7. The van der Waals surface area contributed by atoms with Crippen molar-refractivity contribution in [3.8, 4) is 5.69 Å². The van der Waals surface area contributed by atoms with Crippen molar-refractivity contribution in [1.82, 2.24) is 19.3 Å². The Kier molecular flexibility index (Phi) is 6.65. The molecule has 0 amide bonds. The molecule has 1 aromatic carbocycles. The van der Waals surface area contributed by atoms with Gasteiger partial charge in [0.1, 0.15) is 17.8 Å². The zero-order valence-corrected chi connectivity index (χ0v) is 20.7. The molecule has 1 aliphatic rings. The van der Waals surface area contributed by atoms with Gasteiger partial charge in [-0.25, -0.2) is 0 Å². The van der Waals surface area contributed by atoms with Crippen LogP contribution in [0.15, 0.2) is 57.8 Å². The summed E-state index contributed by atoms with van der Waals surface area (Å²) in [6.07, 6.45) is 10.2. The molecule has 7 heteroatoms. The molecule has 1 aliphatic carbocycles. The van der Waals surface area contributed by atoms with Crippen molar-refractivity contribution >= 4 is 21.6 Å². The highest BCUT2D eigenvalue weighted by Crippen LogP contribution is 2.42. The number of pyridine rings is 1. The highest BCUT2D eigenvalue weighted by atomic mass is 79.9. The van der Waals surface area contributed by atoms with Crippen LogP contribution in [0.2, 0.25) is 0 Å². The molecule has 0 bridgehead atoms. The first-order valence-corrected chi connectivity index (χ1v) is 12.0. The summed E-state index contributed by atoms with van der Waals surface area (Å²) in [7, 11) is 2.00. The Hall–Kier alpha value is -2.67. The van der Waals surface area contributed by atoms with Gasteiger partial charge in [0.05, 0.1) is 0 Å². The van der Waals surface area contributed by atoms with E-state index in [1.54, 1.807) is 10.9 Å². The first-order valence-electron chi connectivity index (χ1n) is 11.2. The topological polar surface area (TPSA) is 64.7 Å². The van der Waals surface area contributed by atoms with Crippen LogP contribution < -0.4 is 10.9 Å². The summed E-state index contributed by atoms with van der Waals surface area (Å²) in [5, 5.41) is 11.9. The molecule has 0 radical (unpaired) electrons. The minimum atomic E-state index is -0.0643. The van der Waals surface area contributed by atoms with E-state index in [4.69, 9.17) is 0 Å². The number of aromatic nitrogens is 4. The number of hydrogen-bond donors (Lipinski definition) is 1. The summed E-state index contributed by atoms with van der Waals surface area (Å²) in [4.78, 5) is 13.5. The molecule has 2 heterocycles. The minimum absolute atomic E-state index is 0.0643. The van der Waals surface area contributed by atoms with Crippen molar-refractivity contribution in [3.05, 3.63) is 80.3 Å². The summed E-state index contributed by atoms with van der Waals surface area (Å²) in [5.74, 6) is 1.70. The third kappa shape index (κ3) is 4.31. The Morgan fingerprint density at radius 3 is 2.78 bits per heavy atom. The maximum atomic E-state index is 13.5. The van der Waals surface area contributed by atoms with Gasteiger partial charge in [-0.1, -0.05) is 31.6 Å². The maximum absolute atomic E-state index is 13.5. The van der Waals surface area contributed by atoms with Gasteiger partial charge in [0.25, 0.3) is 5.56 Å². The lowest BCUT2D eigenvalue weighted by Gasteiger charge is -2.33. The Morgan fingerprint density at radius 1 is 1.38 bits per heavy atom. The van der Waals surface area contributed by atoms with Crippen LogP contribution in [0.4, 0.5) is 5.69 Å². The number of anilines is 1. The number of halogens is 1. The molecule has 2 aromatic heterocycles. The number of hydrogen-bond acceptors (Lipinski definition) is 4. The number of aryl methyl sites for hydroxylation is 1. The molecule has 1 N–H and O–H groups in total. The fourth-order valence-electron chi connectivity index (χ4n) is 4.41. The van der Waals surface area contributed by atoms with E-state index < -0.39 is 0 Å². The Balaban J connectivity index is 1.80. The Morgan fingerprint density at radius 2 is 2.16 bits per heavy atom. The summed E-state index contributed by atoms with van der Waals surface area (Å²) < 4.78 is 4.62. The third-order valence-electron chi connectivity index (χ3n) is 6.39. The van der Waals surface area contributed by atoms with Crippen LogP contribution in [-0.2, 0) is 7.05 Å². The van der Waals surface area contributed by atoms with Gasteiger partial charge < -0.3 is 9.88 Å². The number of allylic oxidation sites excluding steroid dienone is 2. The van der Waals surface area contributed by atoms with Crippen molar-refractivity contribution in [3.63, 3.8) is 0 Å². The molecule has 1 saturated carbocycles. The van der Waals surface area contributed by atoms with Crippen molar-refractivity contribution in [2.24, 2.45) is 13.0 Å². The van der Waals surface area contributed by atoms with Gasteiger partial charge >= 0.3 is 0 Å². The second-order valence-corrected chi connectivity index (χ2v) is 9.49. The van der Waals surface area contributed by atoms with Crippen LogP contribution >= 0.6 is 15.9 Å². The van der Waals surface area contributed by atoms with Crippen LogP contribution in [-0.4, -0.2) is 19.3 Å². The van der Waals surface area contributed by atoms with Crippen LogP contribution in [0.3, 0.4) is 0 Å². The molecule has 1 fully saturated rings. The van der Waals surface area contributed by atoms with E-state index in [-0.39, 0.29) is 11.5 Å². The van der Waals surface area contributed by atoms with E-state index in [0.717, 1.165) is 33.7 Å². The normalized spacial score (nSPS) is 15.5. The van der Waals surface area contributed by atoms with Gasteiger partial charge in [0, 0.05) is 35.0 Å². The zero-order chi connectivity index (χ0) is 22.8. The molecule has 32 heavy (non-hydrogen) atoms. The fraction of sp³-hybridized carbons (Fsp3) is 0.400. The van der Waals surface area contributed by atoms with Crippen LogP contribution in [0.1, 0.15) is 62.4 Å². The van der Waals surface area contributed by atoms with Gasteiger partial charge in [-0.2, -0.15) is 0 Å². The summed E-state index contributed by atoms with van der Waals surface area (Å²) in [6.45, 7) is 6.02. The Bertz CT molecular complexity index is 1210. The van der Waals surface area contributed by atoms with E-state index >= 15 is 0 Å². The molecule has 168 valence electrons. The average Bonchev–Trinajstić information content (AvgIpc) is 3.16. The van der Waals surface area contributed by atoms with E-state index in [9.17, 15) is 4.79 Å². The van der Waals surface area contributed by atoms with Gasteiger partial charge in [-0.3, -0.25) is 9.36 Å². The molecular formula is C25H30BrN5O. The van der Waals surface area contributed by atoms with Gasteiger partial charge in [-0.15, -0.1) is 10.2 Å². The largest absolute Gasteiger partial charge is 0.355 e. The smallest absolute Gasteiger partial charge is 0.279 e. The molecule has 0 aliphatic heterocycles. The number of benzene rings is 1. The minimum Gasteiger partial charge on any atom is -0.355 e. The first-order chi connectivity index (χ1) is 15.4. The van der Waals surface area contributed by atoms with E-state index in [1.165, 1.54) is 24.8 Å². The van der Waals surface area contributed by atoms with Gasteiger partial charge in [0.2, 0.25) is 0 Å². The highest BCUT2D eigenvalue weighted by Gasteiger charge is 2.33. The van der Waals surface area contributed by atoms with E-state index in [1.807, 2.05) is 43.8 Å². The second kappa shape index (κ2) is 9.45. The quantitative estimate of drug-likeness (QED) is 0.456. The van der Waals surface area contributed by atoms with Gasteiger partial charge in [0.15, 0.2) is 0 Å². The third-order valence-corrected chi connectivity index (χ3v) is 7.19. The van der Waals surface area contributed by atoms with Crippen molar-refractivity contribution in [2.75, 3.05) is 5.32 Å². The van der Waals surface area contributed by atoms with Crippen molar-refractivity contribution in [2.45, 2.75) is 52.4 Å². The molecule has 6 nitrogen and oxygen atoms in total. The highest BCUT2D eigenvalue weighted by molar-refractivity contribution is 9.10. The van der Waals surface area contributed by atoms with Gasteiger partial charge in [-0.05, 0) is 78.2 Å².